The van der Waals surface area contributed by atoms with Crippen molar-refractivity contribution in [3.8, 4) is 0 Å². The van der Waals surface area contributed by atoms with E-state index in [1.807, 2.05) is 0 Å². The molecule has 0 saturated carbocycles. The first-order valence-corrected chi connectivity index (χ1v) is 7.68. The van der Waals surface area contributed by atoms with E-state index >= 15 is 0 Å². The maximum absolute atomic E-state index is 13.8. The Hall–Kier alpha value is -2.80. The van der Waals surface area contributed by atoms with Gasteiger partial charge in [0.25, 0.3) is 11.8 Å². The van der Waals surface area contributed by atoms with Gasteiger partial charge in [-0.2, -0.15) is 0 Å². The smallest absolute Gasteiger partial charge is 0.258 e. The lowest BCUT2D eigenvalue weighted by Gasteiger charge is -2.09. The number of benzene rings is 2. The van der Waals surface area contributed by atoms with Gasteiger partial charge < -0.3 is 15.7 Å². The summed E-state index contributed by atoms with van der Waals surface area (Å²) in [4.78, 5) is 23.9. The third-order valence-corrected chi connectivity index (χ3v) is 3.52. The van der Waals surface area contributed by atoms with Crippen LogP contribution in [0.3, 0.4) is 0 Å². The molecule has 0 aliphatic carbocycles. The van der Waals surface area contributed by atoms with Crippen molar-refractivity contribution in [1.29, 1.82) is 0 Å². The highest BCUT2D eigenvalue weighted by atomic mass is 19.1. The molecule has 0 spiro atoms. The van der Waals surface area contributed by atoms with Crippen molar-refractivity contribution < 1.29 is 23.5 Å². The molecule has 7 heteroatoms. The summed E-state index contributed by atoms with van der Waals surface area (Å²) in [7, 11) is 0. The minimum Gasteiger partial charge on any atom is -0.396 e. The molecule has 0 saturated heterocycles. The van der Waals surface area contributed by atoms with Crippen LogP contribution in [0.25, 0.3) is 0 Å². The first-order chi connectivity index (χ1) is 11.9. The van der Waals surface area contributed by atoms with E-state index in [0.29, 0.717) is 24.2 Å². The van der Waals surface area contributed by atoms with Crippen LogP contribution in [0.1, 0.15) is 32.7 Å². The van der Waals surface area contributed by atoms with Gasteiger partial charge >= 0.3 is 0 Å². The number of anilines is 1. The second-order valence-electron chi connectivity index (χ2n) is 5.45. The fourth-order valence-corrected chi connectivity index (χ4v) is 2.11. The van der Waals surface area contributed by atoms with E-state index in [9.17, 15) is 18.4 Å². The molecule has 5 nitrogen and oxygen atoms in total. The number of carbonyl (C=O) groups excluding carboxylic acids is 2. The molecule has 0 heterocycles. The molecule has 2 rings (SSSR count). The Morgan fingerprint density at radius 3 is 2.36 bits per heavy atom. The molecule has 0 atom stereocenters. The van der Waals surface area contributed by atoms with Crippen LogP contribution in [0, 0.1) is 18.6 Å². The van der Waals surface area contributed by atoms with Gasteiger partial charge in [0, 0.05) is 24.4 Å². The van der Waals surface area contributed by atoms with Crippen molar-refractivity contribution in [2.24, 2.45) is 0 Å². The van der Waals surface area contributed by atoms with Gasteiger partial charge in [0.1, 0.15) is 11.6 Å². The van der Waals surface area contributed by atoms with Gasteiger partial charge in [-0.25, -0.2) is 8.78 Å². The molecule has 0 aliphatic heterocycles. The van der Waals surface area contributed by atoms with E-state index in [-0.39, 0.29) is 18.1 Å². The zero-order valence-corrected chi connectivity index (χ0v) is 13.6. The molecule has 2 amide bonds. The number of aryl methyl sites for hydroxylation is 1. The van der Waals surface area contributed by atoms with Gasteiger partial charge in [0.2, 0.25) is 0 Å². The highest BCUT2D eigenvalue weighted by Gasteiger charge is 2.15. The molecule has 0 radical (unpaired) electrons. The van der Waals surface area contributed by atoms with Crippen molar-refractivity contribution in [3.05, 3.63) is 64.7 Å². The Balaban J connectivity index is 2.05. The Bertz CT molecular complexity index is 777. The van der Waals surface area contributed by atoms with Crippen molar-refractivity contribution in [2.75, 3.05) is 18.5 Å². The number of hydrogen-bond donors (Lipinski definition) is 3. The van der Waals surface area contributed by atoms with E-state index in [1.165, 1.54) is 31.2 Å². The van der Waals surface area contributed by atoms with Crippen LogP contribution >= 0.6 is 0 Å². The van der Waals surface area contributed by atoms with Crippen LogP contribution in [-0.4, -0.2) is 30.1 Å². The number of amides is 2. The van der Waals surface area contributed by atoms with Gasteiger partial charge in [-0.3, -0.25) is 9.59 Å². The highest BCUT2D eigenvalue weighted by Crippen LogP contribution is 2.17. The predicted molar refractivity (Wildman–Crippen MR) is 89.5 cm³/mol. The first-order valence-electron chi connectivity index (χ1n) is 7.68. The lowest BCUT2D eigenvalue weighted by atomic mass is 10.1. The third kappa shape index (κ3) is 4.84. The molecule has 25 heavy (non-hydrogen) atoms. The normalized spacial score (nSPS) is 10.4. The molecule has 0 bridgehead atoms. The molecular formula is C18H18F2N2O3. The van der Waals surface area contributed by atoms with Crippen molar-refractivity contribution in [1.82, 2.24) is 5.32 Å². The second kappa shape index (κ2) is 8.34. The number of halogens is 2. The summed E-state index contributed by atoms with van der Waals surface area (Å²) in [5.41, 5.74) is 0.445. The molecule has 132 valence electrons. The SMILES string of the molecule is Cc1cc(F)c(C(=O)Nc2ccc(C(=O)NCCCO)cc2)cc1F. The van der Waals surface area contributed by atoms with Crippen LogP contribution in [0.15, 0.2) is 36.4 Å². The third-order valence-electron chi connectivity index (χ3n) is 3.52. The zero-order chi connectivity index (χ0) is 18.4. The summed E-state index contributed by atoms with van der Waals surface area (Å²) in [6.45, 7) is 1.75. The number of aliphatic hydroxyl groups excluding tert-OH is 1. The van der Waals surface area contributed by atoms with E-state index < -0.39 is 23.1 Å². The number of rotatable bonds is 6. The van der Waals surface area contributed by atoms with Gasteiger partial charge in [-0.1, -0.05) is 0 Å². The minimum absolute atomic E-state index is 0.0125. The fraction of sp³-hybridized carbons (Fsp3) is 0.222. The monoisotopic (exact) mass is 348 g/mol. The lowest BCUT2D eigenvalue weighted by Crippen LogP contribution is -2.25. The van der Waals surface area contributed by atoms with Gasteiger partial charge in [-0.05, 0) is 55.3 Å². The van der Waals surface area contributed by atoms with E-state index in [4.69, 9.17) is 5.11 Å². The van der Waals surface area contributed by atoms with Gasteiger partial charge in [-0.15, -0.1) is 0 Å². The maximum Gasteiger partial charge on any atom is 0.258 e. The van der Waals surface area contributed by atoms with E-state index in [0.717, 1.165) is 12.1 Å². The Labute approximate surface area is 143 Å². The quantitative estimate of drug-likeness (QED) is 0.702. The van der Waals surface area contributed by atoms with Gasteiger partial charge in [0.05, 0.1) is 5.56 Å². The van der Waals surface area contributed by atoms with E-state index in [1.54, 1.807) is 0 Å². The molecule has 0 aliphatic rings. The molecule has 2 aromatic rings. The Morgan fingerprint density at radius 1 is 1.04 bits per heavy atom. The predicted octanol–water partition coefficient (Wildman–Crippen LogP) is 2.64. The van der Waals surface area contributed by atoms with Crippen molar-refractivity contribution >= 4 is 17.5 Å². The van der Waals surface area contributed by atoms with Crippen LogP contribution in [-0.2, 0) is 0 Å². The topological polar surface area (TPSA) is 78.4 Å². The van der Waals surface area contributed by atoms with Crippen LogP contribution in [0.5, 0.6) is 0 Å². The summed E-state index contributed by atoms with van der Waals surface area (Å²) in [5.74, 6) is -2.56. The number of hydrogen-bond acceptors (Lipinski definition) is 3. The van der Waals surface area contributed by atoms with Crippen LogP contribution in [0.2, 0.25) is 0 Å². The number of aliphatic hydroxyl groups is 1. The summed E-state index contributed by atoms with van der Waals surface area (Å²) < 4.78 is 27.3. The Kier molecular flexibility index (Phi) is 6.19. The minimum atomic E-state index is -0.809. The summed E-state index contributed by atoms with van der Waals surface area (Å²) in [6, 6.07) is 7.78. The molecular weight excluding hydrogens is 330 g/mol. The zero-order valence-electron chi connectivity index (χ0n) is 13.6. The Morgan fingerprint density at radius 2 is 1.72 bits per heavy atom. The van der Waals surface area contributed by atoms with Crippen molar-refractivity contribution in [3.63, 3.8) is 0 Å². The molecule has 0 fully saturated rings. The van der Waals surface area contributed by atoms with Crippen LogP contribution < -0.4 is 10.6 Å². The summed E-state index contributed by atoms with van der Waals surface area (Å²) in [6.07, 6.45) is 0.457. The average molecular weight is 348 g/mol. The highest BCUT2D eigenvalue weighted by molar-refractivity contribution is 6.04. The largest absolute Gasteiger partial charge is 0.396 e. The van der Waals surface area contributed by atoms with Crippen LogP contribution in [0.4, 0.5) is 14.5 Å². The summed E-state index contributed by atoms with van der Waals surface area (Å²) in [5, 5.41) is 13.8. The molecule has 0 unspecified atom stereocenters. The number of nitrogens with one attached hydrogen (secondary N) is 2. The molecule has 2 aromatic carbocycles. The molecule has 3 N–H and O–H groups in total. The van der Waals surface area contributed by atoms with Gasteiger partial charge in [0.15, 0.2) is 0 Å². The van der Waals surface area contributed by atoms with E-state index in [2.05, 4.69) is 10.6 Å². The first kappa shape index (κ1) is 18.5. The van der Waals surface area contributed by atoms with Crippen molar-refractivity contribution in [2.45, 2.75) is 13.3 Å². The summed E-state index contributed by atoms with van der Waals surface area (Å²) >= 11 is 0. The molecule has 0 aromatic heterocycles. The fourth-order valence-electron chi connectivity index (χ4n) is 2.11. The lowest BCUT2D eigenvalue weighted by molar-refractivity contribution is 0.0950. The average Bonchev–Trinajstić information content (AvgIpc) is 2.58. The standard InChI is InChI=1S/C18H18F2N2O3/c1-11-9-16(20)14(10-15(11)19)18(25)22-13-5-3-12(4-6-13)17(24)21-7-2-8-23/h3-6,9-10,23H,2,7-8H2,1H3,(H,21,24)(H,22,25). The second-order valence-corrected chi connectivity index (χ2v) is 5.45. The maximum atomic E-state index is 13.8. The number of carbonyl (C=O) groups is 2.